The summed E-state index contributed by atoms with van der Waals surface area (Å²) in [5.74, 6) is 0.338. The van der Waals surface area contributed by atoms with Gasteiger partial charge in [-0.25, -0.2) is 4.79 Å². The van der Waals surface area contributed by atoms with Gasteiger partial charge in [-0.1, -0.05) is 32.0 Å². The summed E-state index contributed by atoms with van der Waals surface area (Å²) in [4.78, 5) is 11.4. The highest BCUT2D eigenvalue weighted by Crippen LogP contribution is 2.04. The van der Waals surface area contributed by atoms with Crippen LogP contribution in [-0.2, 0) is 4.74 Å². The Bertz CT molecular complexity index is 296. The van der Waals surface area contributed by atoms with Gasteiger partial charge < -0.3 is 10.1 Å². The highest BCUT2D eigenvalue weighted by atomic mass is 16.5. The first-order chi connectivity index (χ1) is 8.11. The van der Waals surface area contributed by atoms with E-state index in [0.717, 1.165) is 6.42 Å². The number of rotatable bonds is 4. The summed E-state index contributed by atoms with van der Waals surface area (Å²) in [5.41, 5.74) is 0.622. The molecule has 0 aromatic heterocycles. The first-order valence-electron chi connectivity index (χ1n) is 5.92. The van der Waals surface area contributed by atoms with E-state index in [1.54, 1.807) is 12.1 Å². The van der Waals surface area contributed by atoms with Gasteiger partial charge >= 0.3 is 5.97 Å². The fraction of sp³-hybridized carbons (Fsp3) is 0.500. The van der Waals surface area contributed by atoms with Crippen LogP contribution in [0, 0.1) is 5.92 Å². The average molecular weight is 237 g/mol. The molecule has 0 heterocycles. The second-order valence-electron chi connectivity index (χ2n) is 4.18. The number of hydrogen-bond donors (Lipinski definition) is 1. The number of ether oxygens (including phenoxy) is 1. The topological polar surface area (TPSA) is 38.3 Å². The van der Waals surface area contributed by atoms with Crippen LogP contribution >= 0.6 is 0 Å². The minimum atomic E-state index is -0.230. The number of nitrogens with one attached hydrogen (secondary N) is 1. The predicted octanol–water partition coefficient (Wildman–Crippen LogP) is 2.73. The quantitative estimate of drug-likeness (QED) is 0.818. The second-order valence-corrected chi connectivity index (χ2v) is 4.18. The molecule has 0 spiro atoms. The SMILES string of the molecule is CC(C)CCOC(=O)c1ccccc1.CNC. The van der Waals surface area contributed by atoms with Crippen molar-refractivity contribution in [2.24, 2.45) is 5.92 Å². The maximum atomic E-state index is 11.4. The van der Waals surface area contributed by atoms with Crippen molar-refractivity contribution in [1.29, 1.82) is 0 Å². The molecular weight excluding hydrogens is 214 g/mol. The van der Waals surface area contributed by atoms with Crippen LogP contribution in [0.2, 0.25) is 0 Å². The monoisotopic (exact) mass is 237 g/mol. The van der Waals surface area contributed by atoms with Crippen molar-refractivity contribution in [3.05, 3.63) is 35.9 Å². The van der Waals surface area contributed by atoms with Gasteiger partial charge in [0.2, 0.25) is 0 Å². The van der Waals surface area contributed by atoms with Gasteiger partial charge in [-0.15, -0.1) is 0 Å². The lowest BCUT2D eigenvalue weighted by Gasteiger charge is -2.06. The predicted molar refractivity (Wildman–Crippen MR) is 71.2 cm³/mol. The largest absolute Gasteiger partial charge is 0.462 e. The van der Waals surface area contributed by atoms with E-state index in [4.69, 9.17) is 4.74 Å². The molecule has 1 rings (SSSR count). The lowest BCUT2D eigenvalue weighted by atomic mass is 10.1. The maximum Gasteiger partial charge on any atom is 0.338 e. The summed E-state index contributed by atoms with van der Waals surface area (Å²) in [7, 11) is 3.75. The van der Waals surface area contributed by atoms with Gasteiger partial charge in [-0.3, -0.25) is 0 Å². The lowest BCUT2D eigenvalue weighted by Crippen LogP contribution is -2.07. The molecule has 17 heavy (non-hydrogen) atoms. The summed E-state index contributed by atoms with van der Waals surface area (Å²) < 4.78 is 5.10. The fourth-order valence-corrected chi connectivity index (χ4v) is 1.04. The minimum Gasteiger partial charge on any atom is -0.462 e. The summed E-state index contributed by atoms with van der Waals surface area (Å²) in [6.07, 6.45) is 0.915. The highest BCUT2D eigenvalue weighted by molar-refractivity contribution is 5.89. The summed E-state index contributed by atoms with van der Waals surface area (Å²) in [5, 5.41) is 2.75. The van der Waals surface area contributed by atoms with Crippen molar-refractivity contribution < 1.29 is 9.53 Å². The van der Waals surface area contributed by atoms with E-state index in [9.17, 15) is 4.79 Å². The molecule has 0 saturated carbocycles. The van der Waals surface area contributed by atoms with Crippen LogP contribution in [0.4, 0.5) is 0 Å². The van der Waals surface area contributed by atoms with E-state index in [1.165, 1.54) is 0 Å². The van der Waals surface area contributed by atoms with E-state index in [2.05, 4.69) is 19.2 Å². The standard InChI is InChI=1S/C12H16O2.C2H7N/c1-10(2)8-9-14-12(13)11-6-4-3-5-7-11;1-3-2/h3-7,10H,8-9H2,1-2H3;3H,1-2H3. The highest BCUT2D eigenvalue weighted by Gasteiger charge is 2.05. The average Bonchev–Trinajstić information content (AvgIpc) is 2.30. The molecule has 1 aromatic rings. The van der Waals surface area contributed by atoms with Crippen LogP contribution in [-0.4, -0.2) is 26.7 Å². The second kappa shape index (κ2) is 9.85. The molecule has 3 nitrogen and oxygen atoms in total. The van der Waals surface area contributed by atoms with Crippen LogP contribution < -0.4 is 5.32 Å². The lowest BCUT2D eigenvalue weighted by molar-refractivity contribution is 0.0488. The molecule has 96 valence electrons. The van der Waals surface area contributed by atoms with Crippen LogP contribution in [0.1, 0.15) is 30.6 Å². The molecule has 0 aliphatic rings. The van der Waals surface area contributed by atoms with Crippen molar-refractivity contribution in [3.8, 4) is 0 Å². The zero-order valence-corrected chi connectivity index (χ0v) is 11.2. The van der Waals surface area contributed by atoms with Gasteiger partial charge in [0.15, 0.2) is 0 Å². The van der Waals surface area contributed by atoms with Crippen molar-refractivity contribution >= 4 is 5.97 Å². The number of benzene rings is 1. The Labute approximate surface area is 104 Å². The number of carbonyl (C=O) groups excluding carboxylic acids is 1. The van der Waals surface area contributed by atoms with Crippen LogP contribution in [0.5, 0.6) is 0 Å². The third-order valence-electron chi connectivity index (χ3n) is 1.94. The van der Waals surface area contributed by atoms with Crippen molar-refractivity contribution in [1.82, 2.24) is 5.32 Å². The van der Waals surface area contributed by atoms with Crippen LogP contribution in [0.15, 0.2) is 30.3 Å². The third kappa shape index (κ3) is 8.46. The molecule has 3 heteroatoms. The third-order valence-corrected chi connectivity index (χ3v) is 1.94. The van der Waals surface area contributed by atoms with Crippen molar-refractivity contribution in [2.75, 3.05) is 20.7 Å². The molecule has 1 N–H and O–H groups in total. The summed E-state index contributed by atoms with van der Waals surface area (Å²) >= 11 is 0. The van der Waals surface area contributed by atoms with E-state index >= 15 is 0 Å². The molecule has 0 saturated heterocycles. The molecule has 0 atom stereocenters. The number of hydrogen-bond acceptors (Lipinski definition) is 3. The molecule has 0 radical (unpaired) electrons. The smallest absolute Gasteiger partial charge is 0.338 e. The molecule has 0 amide bonds. The van der Waals surface area contributed by atoms with Gasteiger partial charge in [0.1, 0.15) is 0 Å². The fourth-order valence-electron chi connectivity index (χ4n) is 1.04. The van der Waals surface area contributed by atoms with Gasteiger partial charge in [0.25, 0.3) is 0 Å². The zero-order chi connectivity index (χ0) is 13.1. The van der Waals surface area contributed by atoms with Gasteiger partial charge in [0, 0.05) is 0 Å². The Morgan fingerprint density at radius 3 is 2.24 bits per heavy atom. The Balaban J connectivity index is 0.000000770. The Morgan fingerprint density at radius 2 is 1.76 bits per heavy atom. The first kappa shape index (κ1) is 15.7. The summed E-state index contributed by atoms with van der Waals surface area (Å²) in [6.45, 7) is 4.72. The van der Waals surface area contributed by atoms with Crippen LogP contribution in [0.25, 0.3) is 0 Å². The number of esters is 1. The summed E-state index contributed by atoms with van der Waals surface area (Å²) in [6, 6.07) is 9.07. The van der Waals surface area contributed by atoms with Gasteiger partial charge in [-0.2, -0.15) is 0 Å². The van der Waals surface area contributed by atoms with Crippen molar-refractivity contribution in [3.63, 3.8) is 0 Å². The zero-order valence-electron chi connectivity index (χ0n) is 11.2. The van der Waals surface area contributed by atoms with E-state index in [-0.39, 0.29) is 5.97 Å². The molecule has 0 fully saturated rings. The number of carbonyl (C=O) groups is 1. The van der Waals surface area contributed by atoms with Crippen molar-refractivity contribution in [2.45, 2.75) is 20.3 Å². The Morgan fingerprint density at radius 1 is 1.24 bits per heavy atom. The molecule has 0 aliphatic carbocycles. The Kier molecular flexibility index (Phi) is 9.06. The molecule has 0 bridgehead atoms. The normalized spacial score (nSPS) is 9.47. The van der Waals surface area contributed by atoms with E-state index in [1.807, 2.05) is 32.3 Å². The van der Waals surface area contributed by atoms with Gasteiger partial charge in [0.05, 0.1) is 12.2 Å². The molecule has 0 aliphatic heterocycles. The van der Waals surface area contributed by atoms with Gasteiger partial charge in [-0.05, 0) is 38.6 Å². The van der Waals surface area contributed by atoms with Crippen LogP contribution in [0.3, 0.4) is 0 Å². The first-order valence-corrected chi connectivity index (χ1v) is 5.92. The minimum absolute atomic E-state index is 0.230. The Hall–Kier alpha value is -1.35. The molecular formula is C14H23NO2. The maximum absolute atomic E-state index is 11.4. The molecule has 1 aromatic carbocycles. The van der Waals surface area contributed by atoms with E-state index < -0.39 is 0 Å². The molecule has 0 unspecified atom stereocenters. The van der Waals surface area contributed by atoms with E-state index in [0.29, 0.717) is 18.1 Å².